The molecule has 0 amide bonds. The minimum atomic E-state index is 0.399. The van der Waals surface area contributed by atoms with Gasteiger partial charge < -0.3 is 15.2 Å². The fraction of sp³-hybridized carbons (Fsp3) is 0.222. The molecule has 1 rings (SSSR count). The van der Waals surface area contributed by atoms with Crippen molar-refractivity contribution in [3.8, 4) is 17.8 Å². The van der Waals surface area contributed by atoms with Crippen LogP contribution in [0.5, 0.6) is 11.5 Å². The molecular weight excluding hydrogens is 168 g/mol. The Hall–Kier alpha value is -1.73. The molecule has 1 aromatic carbocycles. The van der Waals surface area contributed by atoms with Crippen molar-refractivity contribution in [3.63, 3.8) is 0 Å². The average Bonchev–Trinajstić information content (AvgIpc) is 2.18. The Morgan fingerprint density at radius 3 is 2.85 bits per heavy atom. The van der Waals surface area contributed by atoms with Crippen LogP contribution >= 0.6 is 0 Å². The molecule has 4 heteroatoms. The number of methoxy groups -OCH3 is 1. The fourth-order valence-corrected chi connectivity index (χ4v) is 1.01. The zero-order valence-electron chi connectivity index (χ0n) is 7.28. The Balaban J connectivity index is 3.00. The quantitative estimate of drug-likeness (QED) is 0.701. The second-order valence-electron chi connectivity index (χ2n) is 2.37. The summed E-state index contributed by atoms with van der Waals surface area (Å²) in [5, 5.41) is 8.27. The molecule has 1 aromatic rings. The van der Waals surface area contributed by atoms with Gasteiger partial charge in [0.05, 0.1) is 7.11 Å². The molecular formula is C9H10N2O2. The second-order valence-corrected chi connectivity index (χ2v) is 2.37. The highest BCUT2D eigenvalue weighted by Crippen LogP contribution is 2.23. The molecule has 0 aliphatic rings. The van der Waals surface area contributed by atoms with E-state index in [1.165, 1.54) is 0 Å². The van der Waals surface area contributed by atoms with Crippen molar-refractivity contribution in [3.05, 3.63) is 23.8 Å². The molecule has 68 valence electrons. The maximum Gasteiger partial charge on any atom is 0.292 e. The largest absolute Gasteiger partial charge is 0.496 e. The van der Waals surface area contributed by atoms with Gasteiger partial charge in [-0.1, -0.05) is 6.07 Å². The van der Waals surface area contributed by atoms with E-state index in [0.717, 1.165) is 5.56 Å². The highest BCUT2D eigenvalue weighted by Gasteiger charge is 2.02. The molecule has 0 aliphatic carbocycles. The molecule has 0 aliphatic heterocycles. The molecule has 4 nitrogen and oxygen atoms in total. The Morgan fingerprint density at radius 1 is 1.54 bits per heavy atom. The van der Waals surface area contributed by atoms with Crippen LogP contribution in [0.3, 0.4) is 0 Å². The third-order valence-corrected chi connectivity index (χ3v) is 1.64. The Bertz CT molecular complexity index is 331. The molecule has 0 atom stereocenters. The van der Waals surface area contributed by atoms with E-state index in [4.69, 9.17) is 15.7 Å². The van der Waals surface area contributed by atoms with Gasteiger partial charge in [-0.2, -0.15) is 0 Å². The fourth-order valence-electron chi connectivity index (χ4n) is 1.01. The van der Waals surface area contributed by atoms with Gasteiger partial charge in [-0.15, -0.1) is 5.26 Å². The number of nitrogens with two attached hydrogens (primary N) is 1. The first-order chi connectivity index (χ1) is 6.31. The lowest BCUT2D eigenvalue weighted by Crippen LogP contribution is -1.99. The molecule has 0 saturated heterocycles. The summed E-state index contributed by atoms with van der Waals surface area (Å²) in [5.41, 5.74) is 6.35. The molecule has 0 saturated carbocycles. The summed E-state index contributed by atoms with van der Waals surface area (Å²) in [7, 11) is 1.55. The first kappa shape index (κ1) is 9.36. The van der Waals surface area contributed by atoms with Crippen molar-refractivity contribution >= 4 is 0 Å². The standard InChI is InChI=1S/C9H10N2O2/c1-12-9-4-8(13-6-11)3-2-7(9)5-10/h2-4H,5,10H2,1H3. The van der Waals surface area contributed by atoms with Gasteiger partial charge in [0.25, 0.3) is 6.26 Å². The van der Waals surface area contributed by atoms with Crippen molar-refractivity contribution in [2.75, 3.05) is 7.11 Å². The molecule has 2 N–H and O–H groups in total. The van der Waals surface area contributed by atoms with Gasteiger partial charge in [0.1, 0.15) is 11.5 Å². The summed E-state index contributed by atoms with van der Waals surface area (Å²) in [6, 6.07) is 5.07. The lowest BCUT2D eigenvalue weighted by molar-refractivity contribution is 0.405. The summed E-state index contributed by atoms with van der Waals surface area (Å²) in [4.78, 5) is 0. The van der Waals surface area contributed by atoms with Gasteiger partial charge in [0, 0.05) is 18.2 Å². The van der Waals surface area contributed by atoms with Crippen molar-refractivity contribution < 1.29 is 9.47 Å². The van der Waals surface area contributed by atoms with Crippen LogP contribution in [0, 0.1) is 11.5 Å². The van der Waals surface area contributed by atoms with E-state index < -0.39 is 0 Å². The lowest BCUT2D eigenvalue weighted by Gasteiger charge is -2.06. The summed E-state index contributed by atoms with van der Waals surface area (Å²) in [6.07, 6.45) is 1.59. The first-order valence-electron chi connectivity index (χ1n) is 3.74. The van der Waals surface area contributed by atoms with Gasteiger partial charge in [0.15, 0.2) is 0 Å². The van der Waals surface area contributed by atoms with Crippen LogP contribution < -0.4 is 15.2 Å². The van der Waals surface area contributed by atoms with Gasteiger partial charge >= 0.3 is 0 Å². The van der Waals surface area contributed by atoms with E-state index in [9.17, 15) is 0 Å². The minimum Gasteiger partial charge on any atom is -0.496 e. The number of benzene rings is 1. The summed E-state index contributed by atoms with van der Waals surface area (Å²) >= 11 is 0. The molecule has 0 radical (unpaired) electrons. The maximum absolute atomic E-state index is 8.27. The van der Waals surface area contributed by atoms with Gasteiger partial charge in [-0.05, 0) is 6.07 Å². The van der Waals surface area contributed by atoms with E-state index in [2.05, 4.69) is 4.74 Å². The summed E-state index contributed by atoms with van der Waals surface area (Å²) in [6.45, 7) is 0.399. The Morgan fingerprint density at radius 2 is 2.31 bits per heavy atom. The summed E-state index contributed by atoms with van der Waals surface area (Å²) < 4.78 is 9.69. The number of ether oxygens (including phenoxy) is 2. The van der Waals surface area contributed by atoms with Crippen molar-refractivity contribution in [1.82, 2.24) is 0 Å². The third-order valence-electron chi connectivity index (χ3n) is 1.64. The lowest BCUT2D eigenvalue weighted by atomic mass is 10.2. The van der Waals surface area contributed by atoms with E-state index in [-0.39, 0.29) is 0 Å². The predicted molar refractivity (Wildman–Crippen MR) is 47.1 cm³/mol. The molecule has 13 heavy (non-hydrogen) atoms. The first-order valence-corrected chi connectivity index (χ1v) is 3.74. The van der Waals surface area contributed by atoms with E-state index in [0.29, 0.717) is 18.0 Å². The minimum absolute atomic E-state index is 0.399. The molecule has 0 spiro atoms. The molecule has 0 bridgehead atoms. The van der Waals surface area contributed by atoms with E-state index >= 15 is 0 Å². The smallest absolute Gasteiger partial charge is 0.292 e. The topological polar surface area (TPSA) is 68.3 Å². The zero-order valence-corrected chi connectivity index (χ0v) is 7.28. The van der Waals surface area contributed by atoms with Crippen LogP contribution in [0.25, 0.3) is 0 Å². The predicted octanol–water partition coefficient (Wildman–Crippen LogP) is 1.01. The number of rotatable bonds is 3. The van der Waals surface area contributed by atoms with Gasteiger partial charge in [-0.3, -0.25) is 0 Å². The Labute approximate surface area is 76.5 Å². The normalized spacial score (nSPS) is 9.00. The van der Waals surface area contributed by atoms with E-state index in [1.807, 2.05) is 0 Å². The van der Waals surface area contributed by atoms with Crippen LogP contribution in [-0.2, 0) is 6.54 Å². The van der Waals surface area contributed by atoms with Crippen LogP contribution in [-0.4, -0.2) is 7.11 Å². The van der Waals surface area contributed by atoms with Crippen LogP contribution in [0.4, 0.5) is 0 Å². The third kappa shape index (κ3) is 2.10. The second kappa shape index (κ2) is 4.33. The summed E-state index contributed by atoms with van der Waals surface area (Å²) in [5.74, 6) is 1.09. The molecule has 0 heterocycles. The maximum atomic E-state index is 8.27. The zero-order chi connectivity index (χ0) is 9.68. The number of hydrogen-bond donors (Lipinski definition) is 1. The SMILES string of the molecule is COc1cc(OC#N)ccc1CN. The molecule has 0 unspecified atom stereocenters. The number of hydrogen-bond acceptors (Lipinski definition) is 4. The monoisotopic (exact) mass is 178 g/mol. The van der Waals surface area contributed by atoms with E-state index in [1.54, 1.807) is 31.6 Å². The van der Waals surface area contributed by atoms with Crippen LogP contribution in [0.15, 0.2) is 18.2 Å². The van der Waals surface area contributed by atoms with Gasteiger partial charge in [0.2, 0.25) is 0 Å². The van der Waals surface area contributed by atoms with Crippen LogP contribution in [0.2, 0.25) is 0 Å². The highest BCUT2D eigenvalue weighted by atomic mass is 16.5. The van der Waals surface area contributed by atoms with Crippen molar-refractivity contribution in [2.45, 2.75) is 6.54 Å². The highest BCUT2D eigenvalue weighted by molar-refractivity contribution is 5.40. The van der Waals surface area contributed by atoms with Crippen molar-refractivity contribution in [1.29, 1.82) is 5.26 Å². The average molecular weight is 178 g/mol. The Kier molecular flexibility index (Phi) is 3.12. The van der Waals surface area contributed by atoms with Crippen molar-refractivity contribution in [2.24, 2.45) is 5.73 Å². The molecule has 0 aromatic heterocycles. The van der Waals surface area contributed by atoms with Crippen LogP contribution in [0.1, 0.15) is 5.56 Å². The number of nitrogens with zero attached hydrogens (tertiary/aromatic N) is 1. The molecule has 0 fully saturated rings. The van der Waals surface area contributed by atoms with Gasteiger partial charge in [-0.25, -0.2) is 0 Å². The number of nitriles is 1.